The maximum atomic E-state index is 12.8. The van der Waals surface area contributed by atoms with Gasteiger partial charge in [-0.2, -0.15) is 0 Å². The number of fused-ring (bicyclic) bond motifs is 1. The third-order valence-corrected chi connectivity index (χ3v) is 7.60. The zero-order chi connectivity index (χ0) is 22.5. The first-order valence-electron chi connectivity index (χ1n) is 11.9. The van der Waals surface area contributed by atoms with E-state index in [0.29, 0.717) is 13.1 Å². The molecule has 5 heteroatoms. The normalized spacial score (nSPS) is 15.2. The molecular formula is C28H31N3OS. The summed E-state index contributed by atoms with van der Waals surface area (Å²) < 4.78 is 2.14. The van der Waals surface area contributed by atoms with Crippen LogP contribution in [-0.2, 0) is 17.8 Å². The fourth-order valence-corrected chi connectivity index (χ4v) is 5.67. The van der Waals surface area contributed by atoms with Gasteiger partial charge in [-0.3, -0.25) is 4.79 Å². The van der Waals surface area contributed by atoms with E-state index in [-0.39, 0.29) is 5.91 Å². The predicted molar refractivity (Wildman–Crippen MR) is 138 cm³/mol. The van der Waals surface area contributed by atoms with Crippen LogP contribution in [0, 0.1) is 5.92 Å². The zero-order valence-corrected chi connectivity index (χ0v) is 19.8. The summed E-state index contributed by atoms with van der Waals surface area (Å²) in [6.07, 6.45) is 3.66. The highest BCUT2D eigenvalue weighted by Crippen LogP contribution is 2.31. The van der Waals surface area contributed by atoms with E-state index in [4.69, 9.17) is 0 Å². The van der Waals surface area contributed by atoms with Crippen molar-refractivity contribution >= 4 is 28.1 Å². The van der Waals surface area contributed by atoms with Crippen molar-refractivity contribution in [2.24, 2.45) is 5.92 Å². The number of nitrogens with zero attached hydrogens (tertiary/aromatic N) is 2. The summed E-state index contributed by atoms with van der Waals surface area (Å²) in [5.41, 5.74) is 3.67. The lowest BCUT2D eigenvalue weighted by molar-refractivity contribution is -0.121. The molecular weight excluding hydrogens is 426 g/mol. The summed E-state index contributed by atoms with van der Waals surface area (Å²) >= 11 is 1.71. The number of thiophene rings is 1. The first-order valence-corrected chi connectivity index (χ1v) is 12.8. The lowest BCUT2D eigenvalue weighted by atomic mass is 9.90. The second-order valence-corrected chi connectivity index (χ2v) is 9.92. The molecule has 2 aromatic heterocycles. The Hall–Kier alpha value is -2.89. The van der Waals surface area contributed by atoms with Crippen molar-refractivity contribution in [3.63, 3.8) is 0 Å². The molecule has 4 nitrogen and oxygen atoms in total. The number of carbonyl (C=O) groups is 1. The fraction of sp³-hybridized carbons (Fsp3) is 0.321. The molecule has 1 aliphatic heterocycles. The number of para-hydroxylation sites is 1. The zero-order valence-electron chi connectivity index (χ0n) is 19.0. The molecule has 1 aliphatic rings. The molecule has 170 valence electrons. The number of aromatic nitrogens is 1. The lowest BCUT2D eigenvalue weighted by Crippen LogP contribution is -2.40. The van der Waals surface area contributed by atoms with Crippen LogP contribution in [0.15, 0.2) is 78.2 Å². The first-order chi connectivity index (χ1) is 16.3. The molecule has 0 radical (unpaired) electrons. The number of amides is 1. The smallest absolute Gasteiger partial charge is 0.240 e. The number of rotatable bonds is 8. The molecule has 1 saturated heterocycles. The van der Waals surface area contributed by atoms with E-state index in [0.717, 1.165) is 36.8 Å². The Balaban J connectivity index is 1.12. The number of likely N-dealkylation sites (tertiary alicyclic amines) is 1. The number of carbonyl (C=O) groups excluding carboxylic acids is 1. The summed E-state index contributed by atoms with van der Waals surface area (Å²) in [6.45, 7) is 4.22. The van der Waals surface area contributed by atoms with Crippen LogP contribution in [0.25, 0.3) is 21.5 Å². The molecule has 0 unspecified atom stereocenters. The summed E-state index contributed by atoms with van der Waals surface area (Å²) in [5.74, 6) is 0.851. The molecule has 4 aromatic rings. The van der Waals surface area contributed by atoms with Crippen molar-refractivity contribution < 1.29 is 4.79 Å². The second-order valence-electron chi connectivity index (χ2n) is 8.98. The van der Waals surface area contributed by atoms with Crippen LogP contribution in [0.2, 0.25) is 0 Å². The van der Waals surface area contributed by atoms with Gasteiger partial charge >= 0.3 is 0 Å². The molecule has 0 atom stereocenters. The van der Waals surface area contributed by atoms with E-state index in [9.17, 15) is 4.79 Å². The molecule has 0 aliphatic carbocycles. The van der Waals surface area contributed by atoms with Gasteiger partial charge in [0.25, 0.3) is 0 Å². The maximum absolute atomic E-state index is 12.8. The van der Waals surface area contributed by atoms with E-state index >= 15 is 0 Å². The Morgan fingerprint density at radius 2 is 1.76 bits per heavy atom. The minimum absolute atomic E-state index is 0.0770. The average molecular weight is 458 g/mol. The molecule has 33 heavy (non-hydrogen) atoms. The SMILES string of the molecule is O=C(Cn1c(-c2cccs2)cc2ccccc21)NCCN1CCC(Cc2ccccc2)CC1. The van der Waals surface area contributed by atoms with Crippen LogP contribution in [0.4, 0.5) is 0 Å². The maximum Gasteiger partial charge on any atom is 0.240 e. The molecule has 1 amide bonds. The Morgan fingerprint density at radius 3 is 2.55 bits per heavy atom. The average Bonchev–Trinajstić information content (AvgIpc) is 3.49. The molecule has 3 heterocycles. The van der Waals surface area contributed by atoms with Crippen LogP contribution in [-0.4, -0.2) is 41.6 Å². The summed E-state index contributed by atoms with van der Waals surface area (Å²) in [5, 5.41) is 6.42. The largest absolute Gasteiger partial charge is 0.353 e. The Labute approximate surface area is 199 Å². The van der Waals surface area contributed by atoms with Gasteiger partial charge in [0.05, 0.1) is 10.6 Å². The van der Waals surface area contributed by atoms with E-state index in [1.165, 1.54) is 35.1 Å². The van der Waals surface area contributed by atoms with Crippen molar-refractivity contribution in [2.75, 3.05) is 26.2 Å². The van der Waals surface area contributed by atoms with Crippen molar-refractivity contribution in [1.82, 2.24) is 14.8 Å². The number of hydrogen-bond donors (Lipinski definition) is 1. The second kappa shape index (κ2) is 10.4. The van der Waals surface area contributed by atoms with Gasteiger partial charge in [0.15, 0.2) is 0 Å². The first kappa shape index (κ1) is 21.9. The van der Waals surface area contributed by atoms with Gasteiger partial charge in [-0.15, -0.1) is 11.3 Å². The summed E-state index contributed by atoms with van der Waals surface area (Å²) in [4.78, 5) is 16.5. The standard InChI is InChI=1S/C28H31N3OS/c32-28(21-31-25-10-5-4-9-24(25)20-26(31)27-11-6-18-33-27)29-14-17-30-15-12-23(13-16-30)19-22-7-2-1-3-8-22/h1-11,18,20,23H,12-17,19,21H2,(H,29,32). The van der Waals surface area contributed by atoms with Crippen LogP contribution in [0.1, 0.15) is 18.4 Å². The van der Waals surface area contributed by atoms with Gasteiger partial charge in [0.2, 0.25) is 5.91 Å². The van der Waals surface area contributed by atoms with Gasteiger partial charge in [-0.1, -0.05) is 54.6 Å². The molecule has 0 bridgehead atoms. The number of nitrogens with one attached hydrogen (secondary N) is 1. The lowest BCUT2D eigenvalue weighted by Gasteiger charge is -2.32. The number of benzene rings is 2. The molecule has 5 rings (SSSR count). The van der Waals surface area contributed by atoms with Crippen LogP contribution >= 0.6 is 11.3 Å². The highest BCUT2D eigenvalue weighted by molar-refractivity contribution is 7.13. The molecule has 1 fully saturated rings. The van der Waals surface area contributed by atoms with Crippen molar-refractivity contribution in [1.29, 1.82) is 0 Å². The Bertz CT molecular complexity index is 1170. The predicted octanol–water partition coefficient (Wildman–Crippen LogP) is 5.44. The van der Waals surface area contributed by atoms with Crippen LogP contribution in [0.5, 0.6) is 0 Å². The molecule has 0 saturated carbocycles. The van der Waals surface area contributed by atoms with Crippen molar-refractivity contribution in [3.05, 3.63) is 83.7 Å². The summed E-state index contributed by atoms with van der Waals surface area (Å²) in [7, 11) is 0. The topological polar surface area (TPSA) is 37.3 Å². The molecule has 0 spiro atoms. The van der Waals surface area contributed by atoms with Gasteiger partial charge < -0.3 is 14.8 Å². The molecule has 2 aromatic carbocycles. The van der Waals surface area contributed by atoms with E-state index in [1.54, 1.807) is 11.3 Å². The van der Waals surface area contributed by atoms with Crippen molar-refractivity contribution in [3.8, 4) is 10.6 Å². The Morgan fingerprint density at radius 1 is 0.970 bits per heavy atom. The van der Waals surface area contributed by atoms with Gasteiger partial charge in [-0.25, -0.2) is 0 Å². The van der Waals surface area contributed by atoms with Gasteiger partial charge in [0, 0.05) is 24.0 Å². The van der Waals surface area contributed by atoms with Gasteiger partial charge in [0.1, 0.15) is 6.54 Å². The fourth-order valence-electron chi connectivity index (χ4n) is 4.92. The van der Waals surface area contributed by atoms with E-state index in [1.807, 2.05) is 12.1 Å². The quantitative estimate of drug-likeness (QED) is 0.382. The minimum Gasteiger partial charge on any atom is -0.353 e. The highest BCUT2D eigenvalue weighted by atomic mass is 32.1. The van der Waals surface area contributed by atoms with E-state index in [2.05, 4.69) is 80.8 Å². The molecule has 1 N–H and O–H groups in total. The van der Waals surface area contributed by atoms with Crippen LogP contribution < -0.4 is 5.32 Å². The van der Waals surface area contributed by atoms with Gasteiger partial charge in [-0.05, 0) is 67.4 Å². The Kier molecular flexibility index (Phi) is 6.89. The van der Waals surface area contributed by atoms with E-state index < -0.39 is 0 Å². The number of piperidine rings is 1. The van der Waals surface area contributed by atoms with Crippen molar-refractivity contribution in [2.45, 2.75) is 25.8 Å². The number of hydrogen-bond acceptors (Lipinski definition) is 3. The minimum atomic E-state index is 0.0770. The monoisotopic (exact) mass is 457 g/mol. The third kappa shape index (κ3) is 5.37. The van der Waals surface area contributed by atoms with Crippen LogP contribution in [0.3, 0.4) is 0 Å². The highest BCUT2D eigenvalue weighted by Gasteiger charge is 2.19. The third-order valence-electron chi connectivity index (χ3n) is 6.71. The summed E-state index contributed by atoms with van der Waals surface area (Å²) in [6, 6.07) is 25.5.